The summed E-state index contributed by atoms with van der Waals surface area (Å²) >= 11 is 0. The number of amides is 2. The van der Waals surface area contributed by atoms with Crippen LogP contribution in [-0.4, -0.2) is 49.3 Å². The molecule has 11 nitrogen and oxygen atoms in total. The molecule has 3 unspecified atom stereocenters. The minimum absolute atomic E-state index is 0.0112. The number of imidazole rings is 1. The summed E-state index contributed by atoms with van der Waals surface area (Å²) in [6, 6.07) is 13.7. The Labute approximate surface area is 225 Å². The number of nitro benzene ring substituents is 1. The summed E-state index contributed by atoms with van der Waals surface area (Å²) in [5, 5.41) is 23.2. The van der Waals surface area contributed by atoms with E-state index in [1.807, 2.05) is 10.6 Å². The highest BCUT2D eigenvalue weighted by atomic mass is 16.6. The number of rotatable bonds is 6. The van der Waals surface area contributed by atoms with E-state index in [-0.39, 0.29) is 42.6 Å². The van der Waals surface area contributed by atoms with Crippen LogP contribution in [0.25, 0.3) is 0 Å². The van der Waals surface area contributed by atoms with Crippen molar-refractivity contribution in [3.05, 3.63) is 93.1 Å². The zero-order valence-corrected chi connectivity index (χ0v) is 21.3. The second kappa shape index (κ2) is 11.0. The van der Waals surface area contributed by atoms with Gasteiger partial charge in [-0.05, 0) is 42.7 Å². The molecule has 1 fully saturated rings. The van der Waals surface area contributed by atoms with E-state index in [1.165, 1.54) is 12.1 Å². The molecule has 0 spiro atoms. The quantitative estimate of drug-likeness (QED) is 0.368. The molecule has 1 aliphatic carbocycles. The average Bonchev–Trinajstić information content (AvgIpc) is 3.35. The van der Waals surface area contributed by atoms with Gasteiger partial charge >= 0.3 is 0 Å². The average molecular weight is 528 g/mol. The largest absolute Gasteiger partial charge is 0.350 e. The first-order valence-electron chi connectivity index (χ1n) is 13.0. The first-order chi connectivity index (χ1) is 18.8. The van der Waals surface area contributed by atoms with E-state index in [0.29, 0.717) is 17.7 Å². The molecular formula is C28H29N7O4. The van der Waals surface area contributed by atoms with E-state index in [9.17, 15) is 19.7 Å². The van der Waals surface area contributed by atoms with Crippen LogP contribution >= 0.6 is 0 Å². The first kappa shape index (κ1) is 26.1. The Morgan fingerprint density at radius 3 is 2.51 bits per heavy atom. The number of nitro groups is 1. The van der Waals surface area contributed by atoms with Gasteiger partial charge in [-0.1, -0.05) is 25.0 Å². The molecule has 2 amide bonds. The number of nitrogens with zero attached hydrogens (tertiary/aromatic N) is 5. The number of fused-ring (bicyclic) bond motifs is 1. The Kier molecular flexibility index (Phi) is 7.38. The zero-order valence-electron chi connectivity index (χ0n) is 21.3. The van der Waals surface area contributed by atoms with Crippen molar-refractivity contribution in [2.24, 2.45) is 5.73 Å². The highest BCUT2D eigenvalue weighted by Crippen LogP contribution is 2.27. The van der Waals surface area contributed by atoms with E-state index < -0.39 is 11.0 Å². The zero-order chi connectivity index (χ0) is 27.5. The van der Waals surface area contributed by atoms with Crippen molar-refractivity contribution in [2.45, 2.75) is 63.3 Å². The second-order valence-corrected chi connectivity index (χ2v) is 10.1. The summed E-state index contributed by atoms with van der Waals surface area (Å²) in [5.41, 5.74) is 9.48. The molecule has 5 rings (SSSR count). The van der Waals surface area contributed by atoms with E-state index in [1.54, 1.807) is 47.6 Å². The number of hydrogen-bond donors (Lipinski definition) is 2. The van der Waals surface area contributed by atoms with E-state index in [2.05, 4.69) is 10.3 Å². The van der Waals surface area contributed by atoms with Gasteiger partial charge in [0.05, 0.1) is 40.8 Å². The fourth-order valence-electron chi connectivity index (χ4n) is 5.34. The van der Waals surface area contributed by atoms with Gasteiger partial charge in [-0.25, -0.2) is 4.98 Å². The number of aromatic nitrogens is 2. The Bertz CT molecular complexity index is 1430. The number of non-ortho nitro benzene ring substituents is 1. The smallest absolute Gasteiger partial charge is 0.269 e. The van der Waals surface area contributed by atoms with Crippen molar-refractivity contribution in [3.8, 4) is 6.07 Å². The van der Waals surface area contributed by atoms with Gasteiger partial charge in [0, 0.05) is 42.7 Å². The normalized spacial score (nSPS) is 20.5. The predicted octanol–water partition coefficient (Wildman–Crippen LogP) is 2.66. The monoisotopic (exact) mass is 527 g/mol. The van der Waals surface area contributed by atoms with Gasteiger partial charge in [-0.15, -0.1) is 0 Å². The summed E-state index contributed by atoms with van der Waals surface area (Å²) in [4.78, 5) is 44.0. The van der Waals surface area contributed by atoms with Gasteiger partial charge in [0.25, 0.3) is 11.6 Å². The SMILES string of the molecule is N#Cc1ccc(C(=O)N2Cc3c(ncn3Cc3ccc([N+](=O)[O-])cc3)CC2C(=O)NC2CCCCC2N)cc1. The van der Waals surface area contributed by atoms with Crippen molar-refractivity contribution in [1.82, 2.24) is 19.8 Å². The number of nitriles is 1. The van der Waals surface area contributed by atoms with Crippen molar-refractivity contribution < 1.29 is 14.5 Å². The highest BCUT2D eigenvalue weighted by molar-refractivity contribution is 5.98. The molecule has 2 aliphatic rings. The summed E-state index contributed by atoms with van der Waals surface area (Å²) in [5.74, 6) is -0.573. The maximum Gasteiger partial charge on any atom is 0.269 e. The van der Waals surface area contributed by atoms with E-state index >= 15 is 0 Å². The van der Waals surface area contributed by atoms with Gasteiger partial charge in [0.2, 0.25) is 5.91 Å². The Hall–Kier alpha value is -4.56. The van der Waals surface area contributed by atoms with Gasteiger partial charge < -0.3 is 20.5 Å². The molecule has 1 aromatic heterocycles. The van der Waals surface area contributed by atoms with Crippen LogP contribution in [0.4, 0.5) is 5.69 Å². The van der Waals surface area contributed by atoms with Crippen LogP contribution in [-0.2, 0) is 24.3 Å². The minimum Gasteiger partial charge on any atom is -0.350 e. The molecular weight excluding hydrogens is 498 g/mol. The van der Waals surface area contributed by atoms with Crippen molar-refractivity contribution in [1.29, 1.82) is 5.26 Å². The molecule has 200 valence electrons. The molecule has 3 aromatic rings. The number of benzene rings is 2. The van der Waals surface area contributed by atoms with Crippen LogP contribution < -0.4 is 11.1 Å². The Balaban J connectivity index is 1.43. The Morgan fingerprint density at radius 2 is 1.85 bits per heavy atom. The second-order valence-electron chi connectivity index (χ2n) is 10.1. The van der Waals surface area contributed by atoms with Crippen molar-refractivity contribution in [3.63, 3.8) is 0 Å². The number of carbonyl (C=O) groups is 2. The predicted molar refractivity (Wildman–Crippen MR) is 141 cm³/mol. The molecule has 3 N–H and O–H groups in total. The number of nitrogens with one attached hydrogen (secondary N) is 1. The lowest BCUT2D eigenvalue weighted by Gasteiger charge is -2.37. The van der Waals surface area contributed by atoms with Crippen molar-refractivity contribution in [2.75, 3.05) is 0 Å². The highest BCUT2D eigenvalue weighted by Gasteiger charge is 2.38. The minimum atomic E-state index is -0.766. The van der Waals surface area contributed by atoms with Crippen LogP contribution in [0.2, 0.25) is 0 Å². The van der Waals surface area contributed by atoms with Gasteiger partial charge in [0.1, 0.15) is 6.04 Å². The number of hydrogen-bond acceptors (Lipinski definition) is 7. The lowest BCUT2D eigenvalue weighted by molar-refractivity contribution is -0.384. The number of carbonyl (C=O) groups excluding carboxylic acids is 2. The maximum atomic E-state index is 13.7. The van der Waals surface area contributed by atoms with E-state index in [0.717, 1.165) is 42.6 Å². The molecule has 0 saturated heterocycles. The summed E-state index contributed by atoms with van der Waals surface area (Å²) < 4.78 is 1.90. The molecule has 2 aromatic carbocycles. The Morgan fingerprint density at radius 1 is 1.13 bits per heavy atom. The molecule has 1 saturated carbocycles. The lowest BCUT2D eigenvalue weighted by Crippen LogP contribution is -2.57. The molecule has 0 bridgehead atoms. The van der Waals surface area contributed by atoms with Crippen LogP contribution in [0.1, 0.15) is 58.6 Å². The number of nitrogens with two attached hydrogens (primary N) is 1. The molecule has 2 heterocycles. The maximum absolute atomic E-state index is 13.7. The van der Waals surface area contributed by atoms with Gasteiger partial charge in [0.15, 0.2) is 0 Å². The molecule has 39 heavy (non-hydrogen) atoms. The van der Waals surface area contributed by atoms with Crippen molar-refractivity contribution >= 4 is 17.5 Å². The molecule has 3 atom stereocenters. The van der Waals surface area contributed by atoms with Crippen LogP contribution in [0.5, 0.6) is 0 Å². The fourth-order valence-corrected chi connectivity index (χ4v) is 5.34. The topological polar surface area (TPSA) is 160 Å². The molecule has 0 radical (unpaired) electrons. The molecule has 1 aliphatic heterocycles. The summed E-state index contributed by atoms with van der Waals surface area (Å²) in [6.07, 6.45) is 5.61. The van der Waals surface area contributed by atoms with Crippen LogP contribution in [0.3, 0.4) is 0 Å². The summed E-state index contributed by atoms with van der Waals surface area (Å²) in [6.45, 7) is 0.572. The molecule has 11 heteroatoms. The van der Waals surface area contributed by atoms with Crippen LogP contribution in [0, 0.1) is 21.4 Å². The third-order valence-electron chi connectivity index (χ3n) is 7.59. The van der Waals surface area contributed by atoms with Gasteiger partial charge in [-0.2, -0.15) is 5.26 Å². The van der Waals surface area contributed by atoms with Gasteiger partial charge in [-0.3, -0.25) is 19.7 Å². The third kappa shape index (κ3) is 5.51. The summed E-state index contributed by atoms with van der Waals surface area (Å²) in [7, 11) is 0. The third-order valence-corrected chi connectivity index (χ3v) is 7.59. The first-order valence-corrected chi connectivity index (χ1v) is 13.0. The lowest BCUT2D eigenvalue weighted by atomic mass is 9.90. The standard InChI is InChI=1S/C28H29N7O4/c29-14-18-5-9-20(10-6-18)28(37)34-16-26-24(13-25(34)27(36)32-23-4-2-1-3-22(23)30)31-17-33(26)15-19-7-11-21(12-8-19)35(38)39/h5-12,17,22-23,25H,1-4,13,15-16,30H2,(H,32,36). The fraction of sp³-hybridized carbons (Fsp3) is 0.357. The van der Waals surface area contributed by atoms with E-state index in [4.69, 9.17) is 11.0 Å². The van der Waals surface area contributed by atoms with Crippen LogP contribution in [0.15, 0.2) is 54.9 Å².